The minimum Gasteiger partial charge on any atom is -0.201 e. The molecule has 2 fully saturated rings. The van der Waals surface area contributed by atoms with Gasteiger partial charge >= 0.3 is 0 Å². The molecule has 1 aromatic carbocycles. The second-order valence-corrected chi connectivity index (χ2v) is 12.4. The van der Waals surface area contributed by atoms with E-state index in [1.807, 2.05) is 36.0 Å². The maximum Gasteiger partial charge on any atom is 0.212 e. The molecule has 4 rings (SSSR count). The minimum atomic E-state index is -2.06. The highest BCUT2D eigenvalue weighted by Gasteiger charge is 2.38. The molecule has 0 unspecified atom stereocenters. The Morgan fingerprint density at radius 2 is 1.22 bits per heavy atom. The van der Waals surface area contributed by atoms with Gasteiger partial charge < -0.3 is 0 Å². The van der Waals surface area contributed by atoms with Crippen LogP contribution < -0.4 is 4.57 Å². The minimum absolute atomic E-state index is 0.177. The quantitative estimate of drug-likeness (QED) is 0.425. The summed E-state index contributed by atoms with van der Waals surface area (Å²) in [5.41, 5.74) is 3.63. The van der Waals surface area contributed by atoms with Crippen LogP contribution in [0.3, 0.4) is 0 Å². The molecule has 174 valence electrons. The van der Waals surface area contributed by atoms with Crippen molar-refractivity contribution in [3.8, 4) is 11.3 Å². The third-order valence-corrected chi connectivity index (χ3v) is 8.66. The monoisotopic (exact) mass is 438 g/mol. The summed E-state index contributed by atoms with van der Waals surface area (Å²) in [7, 11) is 1.99. The van der Waals surface area contributed by atoms with E-state index in [0.29, 0.717) is 25.7 Å². The van der Waals surface area contributed by atoms with Crippen molar-refractivity contribution >= 4 is 0 Å². The van der Waals surface area contributed by atoms with Gasteiger partial charge in [-0.05, 0) is 103 Å². The normalized spacial score (nSPS) is 27.2. The van der Waals surface area contributed by atoms with Gasteiger partial charge in [-0.1, -0.05) is 53.5 Å². The van der Waals surface area contributed by atoms with Crippen LogP contribution in [0, 0.1) is 17.8 Å². The second kappa shape index (κ2) is 8.00. The lowest BCUT2D eigenvalue weighted by Crippen LogP contribution is -2.37. The summed E-state index contributed by atoms with van der Waals surface area (Å²) in [5.74, 6) is 0. The third kappa shape index (κ3) is 4.55. The van der Waals surface area contributed by atoms with Crippen LogP contribution >= 0.6 is 0 Å². The fraction of sp³-hybridized carbons (Fsp3) is 0.645. The number of hydrogen-bond acceptors (Lipinski definition) is 0. The first-order valence-corrected chi connectivity index (χ1v) is 12.4. The van der Waals surface area contributed by atoms with Gasteiger partial charge in [0.15, 0.2) is 6.20 Å². The lowest BCUT2D eigenvalue weighted by atomic mass is 9.63. The predicted molar refractivity (Wildman–Crippen MR) is 137 cm³/mol. The van der Waals surface area contributed by atoms with Crippen LogP contribution in [0.1, 0.15) is 118 Å². The molecule has 2 aliphatic rings. The lowest BCUT2D eigenvalue weighted by Gasteiger charge is -2.42. The Balaban J connectivity index is 1.70. The zero-order chi connectivity index (χ0) is 28.4. The topological polar surface area (TPSA) is 3.88 Å². The fourth-order valence-electron chi connectivity index (χ4n) is 5.70. The van der Waals surface area contributed by atoms with Crippen LogP contribution in [-0.4, -0.2) is 0 Å². The SMILES string of the molecule is [2H]C([2H])([2H])C1(c2ccc(-c3ccc(C4(C([2H])([2H])[2H])CCC(C)(C)CC4)c[n+]3C)c(C)c2)CCC(C)(C)CC1. The van der Waals surface area contributed by atoms with E-state index in [4.69, 9.17) is 8.22 Å². The van der Waals surface area contributed by atoms with Crippen molar-refractivity contribution in [2.24, 2.45) is 17.9 Å². The molecule has 0 N–H and O–H groups in total. The van der Waals surface area contributed by atoms with E-state index < -0.39 is 24.5 Å². The van der Waals surface area contributed by atoms with Gasteiger partial charge in [-0.2, -0.15) is 0 Å². The molecule has 2 saturated carbocycles. The summed E-state index contributed by atoms with van der Waals surface area (Å²) in [6.45, 7) is 6.88. The van der Waals surface area contributed by atoms with Crippen molar-refractivity contribution in [2.45, 2.75) is 111 Å². The first-order valence-electron chi connectivity index (χ1n) is 15.4. The highest BCUT2D eigenvalue weighted by atomic mass is 14.9. The van der Waals surface area contributed by atoms with Gasteiger partial charge in [0, 0.05) is 25.4 Å². The number of pyridine rings is 1. The van der Waals surface area contributed by atoms with Gasteiger partial charge in [-0.15, -0.1) is 0 Å². The Labute approximate surface area is 206 Å². The summed E-state index contributed by atoms with van der Waals surface area (Å²) >= 11 is 0. The Kier molecular flexibility index (Phi) is 4.22. The maximum atomic E-state index is 8.46. The molecule has 0 radical (unpaired) electrons. The van der Waals surface area contributed by atoms with E-state index in [1.54, 1.807) is 0 Å². The molecule has 1 heterocycles. The zero-order valence-corrected chi connectivity index (χ0v) is 21.1. The average Bonchev–Trinajstić information content (AvgIpc) is 2.78. The van der Waals surface area contributed by atoms with Gasteiger partial charge in [-0.3, -0.25) is 0 Å². The van der Waals surface area contributed by atoms with Crippen LogP contribution in [-0.2, 0) is 17.9 Å². The van der Waals surface area contributed by atoms with Crippen LogP contribution in [0.25, 0.3) is 11.3 Å². The van der Waals surface area contributed by atoms with Gasteiger partial charge in [0.05, 0.1) is 0 Å². The van der Waals surface area contributed by atoms with Crippen LogP contribution in [0.2, 0.25) is 0 Å². The molecular weight excluding hydrogens is 386 g/mol. The van der Waals surface area contributed by atoms with Gasteiger partial charge in [-0.25, -0.2) is 4.57 Å². The third-order valence-electron chi connectivity index (χ3n) is 8.66. The van der Waals surface area contributed by atoms with Gasteiger partial charge in [0.1, 0.15) is 7.05 Å². The molecule has 0 atom stereocenters. The van der Waals surface area contributed by atoms with Crippen molar-refractivity contribution in [2.75, 3.05) is 0 Å². The number of aryl methyl sites for hydroxylation is 2. The molecule has 2 aromatic rings. The molecule has 1 heteroatoms. The Hall–Kier alpha value is -1.63. The Morgan fingerprint density at radius 3 is 1.69 bits per heavy atom. The molecule has 1 aromatic heterocycles. The van der Waals surface area contributed by atoms with Crippen molar-refractivity contribution in [1.82, 2.24) is 0 Å². The van der Waals surface area contributed by atoms with Crippen molar-refractivity contribution < 1.29 is 12.8 Å². The maximum absolute atomic E-state index is 8.46. The number of rotatable bonds is 3. The first-order chi connectivity index (χ1) is 17.3. The standard InChI is InChI=1S/C31H46N/c1-23-21-24(30(6)17-13-28(2,3)14-18-30)9-11-26(23)27-12-10-25(22-32(27)8)31(7)19-15-29(4,5)16-20-31/h9-12,21-22H,13-20H2,1-8H3/q+1/i6D3,7D3. The second-order valence-electron chi connectivity index (χ2n) is 12.4. The zero-order valence-electron chi connectivity index (χ0n) is 27.1. The molecule has 32 heavy (non-hydrogen) atoms. The largest absolute Gasteiger partial charge is 0.212 e. The number of aromatic nitrogens is 1. The predicted octanol–water partition coefficient (Wildman–Crippen LogP) is 8.20. The van der Waals surface area contributed by atoms with Gasteiger partial charge in [0.2, 0.25) is 5.69 Å². The number of nitrogens with zero attached hydrogens (tertiary/aromatic N) is 1. The molecule has 1 nitrogen and oxygen atoms in total. The van der Waals surface area contributed by atoms with Crippen molar-refractivity contribution in [3.05, 3.63) is 53.2 Å². The molecule has 0 saturated heterocycles. The summed E-state index contributed by atoms with van der Waals surface area (Å²) in [6.07, 6.45) is 8.31. The van der Waals surface area contributed by atoms with Crippen LogP contribution in [0.4, 0.5) is 0 Å². The van der Waals surface area contributed by atoms with Gasteiger partial charge in [0.25, 0.3) is 0 Å². The molecule has 0 amide bonds. The number of benzene rings is 1. The van der Waals surface area contributed by atoms with E-state index in [-0.39, 0.29) is 10.8 Å². The van der Waals surface area contributed by atoms with Crippen molar-refractivity contribution in [1.29, 1.82) is 0 Å². The fourth-order valence-corrected chi connectivity index (χ4v) is 5.70. The highest BCUT2D eigenvalue weighted by molar-refractivity contribution is 5.62. The Bertz CT molecular complexity index is 1070. The lowest BCUT2D eigenvalue weighted by molar-refractivity contribution is -0.661. The van der Waals surface area contributed by atoms with E-state index in [1.165, 1.54) is 0 Å². The molecule has 0 bridgehead atoms. The average molecular weight is 439 g/mol. The molecule has 2 aliphatic carbocycles. The first kappa shape index (κ1) is 16.9. The van der Waals surface area contributed by atoms with E-state index in [0.717, 1.165) is 53.6 Å². The van der Waals surface area contributed by atoms with E-state index in [2.05, 4.69) is 46.8 Å². The van der Waals surface area contributed by atoms with Crippen LogP contribution in [0.5, 0.6) is 0 Å². The van der Waals surface area contributed by atoms with Crippen LogP contribution in [0.15, 0.2) is 36.5 Å². The van der Waals surface area contributed by atoms with E-state index >= 15 is 0 Å². The highest BCUT2D eigenvalue weighted by Crippen LogP contribution is 2.48. The number of hydrogen-bond donors (Lipinski definition) is 0. The summed E-state index contributed by atoms with van der Waals surface area (Å²) in [5, 5.41) is 0. The Morgan fingerprint density at radius 1 is 0.719 bits per heavy atom. The summed E-state index contributed by atoms with van der Waals surface area (Å²) < 4.78 is 52.8. The summed E-state index contributed by atoms with van der Waals surface area (Å²) in [6, 6.07) is 10.2. The molecule has 0 aliphatic heterocycles. The molecule has 0 spiro atoms. The molecular formula is C31H46N+. The summed E-state index contributed by atoms with van der Waals surface area (Å²) in [4.78, 5) is 0. The van der Waals surface area contributed by atoms with Crippen molar-refractivity contribution in [3.63, 3.8) is 0 Å². The van der Waals surface area contributed by atoms with E-state index in [9.17, 15) is 0 Å². The smallest absolute Gasteiger partial charge is 0.201 e.